The van der Waals surface area contributed by atoms with Crippen LogP contribution in [0.4, 0.5) is 5.69 Å². The number of nitrogens with zero attached hydrogens (tertiary/aromatic N) is 1. The van der Waals surface area contributed by atoms with E-state index in [2.05, 4.69) is 44.7 Å². The Kier molecular flexibility index (Phi) is 4.43. The molecular formula is C14H16BrNOS. The van der Waals surface area contributed by atoms with Crippen molar-refractivity contribution >= 4 is 33.0 Å². The SMILES string of the molecule is C[C@@H](O)c1ccc(N(C)Cc2ccsc2)c(Br)c1. The van der Waals surface area contributed by atoms with Gasteiger partial charge in [-0.1, -0.05) is 6.07 Å². The molecule has 1 heterocycles. The molecule has 1 atom stereocenters. The number of benzene rings is 1. The van der Waals surface area contributed by atoms with E-state index in [0.29, 0.717) is 0 Å². The highest BCUT2D eigenvalue weighted by Crippen LogP contribution is 2.29. The second kappa shape index (κ2) is 5.87. The van der Waals surface area contributed by atoms with Crippen LogP contribution in [0.2, 0.25) is 0 Å². The van der Waals surface area contributed by atoms with Crippen molar-refractivity contribution in [1.82, 2.24) is 0 Å². The Morgan fingerprint density at radius 3 is 2.72 bits per heavy atom. The number of aliphatic hydroxyl groups is 1. The predicted octanol–water partition coefficient (Wildman–Crippen LogP) is 4.20. The van der Waals surface area contributed by atoms with E-state index >= 15 is 0 Å². The Morgan fingerprint density at radius 1 is 1.39 bits per heavy atom. The van der Waals surface area contributed by atoms with Gasteiger partial charge in [-0.05, 0) is 62.9 Å². The number of hydrogen-bond donors (Lipinski definition) is 1. The van der Waals surface area contributed by atoms with Crippen molar-refractivity contribution in [2.45, 2.75) is 19.6 Å². The van der Waals surface area contributed by atoms with E-state index in [9.17, 15) is 5.11 Å². The van der Waals surface area contributed by atoms with Crippen molar-refractivity contribution in [3.05, 3.63) is 50.6 Å². The van der Waals surface area contributed by atoms with Gasteiger partial charge in [-0.25, -0.2) is 0 Å². The first-order chi connectivity index (χ1) is 8.58. The summed E-state index contributed by atoms with van der Waals surface area (Å²) in [5, 5.41) is 13.8. The Morgan fingerprint density at radius 2 is 2.17 bits per heavy atom. The van der Waals surface area contributed by atoms with Crippen LogP contribution < -0.4 is 4.90 Å². The summed E-state index contributed by atoms with van der Waals surface area (Å²) < 4.78 is 1.01. The fraction of sp³-hybridized carbons (Fsp3) is 0.286. The van der Waals surface area contributed by atoms with Gasteiger partial charge in [0.1, 0.15) is 0 Å². The fourth-order valence-electron chi connectivity index (χ4n) is 1.83. The summed E-state index contributed by atoms with van der Waals surface area (Å²) >= 11 is 5.29. The Balaban J connectivity index is 2.17. The van der Waals surface area contributed by atoms with Crippen molar-refractivity contribution in [3.63, 3.8) is 0 Å². The van der Waals surface area contributed by atoms with Crippen LogP contribution in [-0.2, 0) is 6.54 Å². The fourth-order valence-corrected chi connectivity index (χ4v) is 3.19. The maximum Gasteiger partial charge on any atom is 0.0762 e. The summed E-state index contributed by atoms with van der Waals surface area (Å²) in [7, 11) is 2.07. The second-order valence-corrected chi connectivity index (χ2v) is 6.01. The zero-order valence-corrected chi connectivity index (χ0v) is 12.8. The minimum absolute atomic E-state index is 0.433. The van der Waals surface area contributed by atoms with Crippen LogP contribution in [0.3, 0.4) is 0 Å². The lowest BCUT2D eigenvalue weighted by molar-refractivity contribution is 0.199. The number of anilines is 1. The summed E-state index contributed by atoms with van der Waals surface area (Å²) in [4.78, 5) is 2.19. The van der Waals surface area contributed by atoms with Gasteiger partial charge >= 0.3 is 0 Å². The largest absolute Gasteiger partial charge is 0.389 e. The average Bonchev–Trinajstić information content (AvgIpc) is 2.81. The molecule has 0 bridgehead atoms. The van der Waals surface area contributed by atoms with Crippen molar-refractivity contribution in [2.75, 3.05) is 11.9 Å². The van der Waals surface area contributed by atoms with Gasteiger partial charge in [0.2, 0.25) is 0 Å². The average molecular weight is 326 g/mol. The highest BCUT2D eigenvalue weighted by molar-refractivity contribution is 9.10. The molecule has 0 unspecified atom stereocenters. The first-order valence-electron chi connectivity index (χ1n) is 5.77. The molecule has 0 amide bonds. The number of halogens is 1. The van der Waals surface area contributed by atoms with Crippen molar-refractivity contribution < 1.29 is 5.11 Å². The predicted molar refractivity (Wildman–Crippen MR) is 81.2 cm³/mol. The van der Waals surface area contributed by atoms with E-state index in [0.717, 1.165) is 22.3 Å². The van der Waals surface area contributed by atoms with Crippen molar-refractivity contribution in [3.8, 4) is 0 Å². The van der Waals surface area contributed by atoms with Gasteiger partial charge in [-0.15, -0.1) is 0 Å². The lowest BCUT2D eigenvalue weighted by Gasteiger charge is -2.21. The summed E-state index contributed by atoms with van der Waals surface area (Å²) in [5.41, 5.74) is 3.37. The van der Waals surface area contributed by atoms with Crippen LogP contribution in [0.5, 0.6) is 0 Å². The molecule has 0 aliphatic heterocycles. The Hall–Kier alpha value is -0.840. The van der Waals surface area contributed by atoms with Crippen molar-refractivity contribution in [2.24, 2.45) is 0 Å². The van der Waals surface area contributed by atoms with E-state index in [1.807, 2.05) is 18.2 Å². The Bertz CT molecular complexity index is 511. The molecule has 96 valence electrons. The molecule has 0 saturated carbocycles. The number of hydrogen-bond acceptors (Lipinski definition) is 3. The molecule has 0 radical (unpaired) electrons. The van der Waals surface area contributed by atoms with Gasteiger partial charge in [0.25, 0.3) is 0 Å². The first-order valence-corrected chi connectivity index (χ1v) is 7.51. The molecule has 0 aliphatic rings. The zero-order chi connectivity index (χ0) is 13.1. The molecule has 0 fully saturated rings. The molecule has 4 heteroatoms. The topological polar surface area (TPSA) is 23.5 Å². The maximum atomic E-state index is 9.55. The molecule has 2 rings (SSSR count). The molecular weight excluding hydrogens is 310 g/mol. The van der Waals surface area contributed by atoms with Crippen LogP contribution >= 0.6 is 27.3 Å². The summed E-state index contributed by atoms with van der Waals surface area (Å²) in [6.45, 7) is 2.66. The summed E-state index contributed by atoms with van der Waals surface area (Å²) in [6.07, 6.45) is -0.433. The highest BCUT2D eigenvalue weighted by Gasteiger charge is 2.09. The Labute approximate surface area is 120 Å². The van der Waals surface area contributed by atoms with E-state index in [1.165, 1.54) is 5.56 Å². The lowest BCUT2D eigenvalue weighted by atomic mass is 10.1. The second-order valence-electron chi connectivity index (χ2n) is 4.37. The summed E-state index contributed by atoms with van der Waals surface area (Å²) in [5.74, 6) is 0. The molecule has 0 aliphatic carbocycles. The molecule has 0 spiro atoms. The molecule has 1 aromatic heterocycles. The van der Waals surface area contributed by atoms with Crippen LogP contribution in [0.25, 0.3) is 0 Å². The van der Waals surface area contributed by atoms with Gasteiger partial charge in [0.05, 0.1) is 11.8 Å². The lowest BCUT2D eigenvalue weighted by Crippen LogP contribution is -2.16. The van der Waals surface area contributed by atoms with Crippen LogP contribution in [0.15, 0.2) is 39.5 Å². The first kappa shape index (κ1) is 13.6. The number of rotatable bonds is 4. The number of thiophene rings is 1. The minimum atomic E-state index is -0.433. The van der Waals surface area contributed by atoms with Gasteiger partial charge < -0.3 is 10.0 Å². The van der Waals surface area contributed by atoms with Gasteiger partial charge in [0.15, 0.2) is 0 Å². The zero-order valence-electron chi connectivity index (χ0n) is 10.4. The minimum Gasteiger partial charge on any atom is -0.389 e. The quantitative estimate of drug-likeness (QED) is 0.910. The van der Waals surface area contributed by atoms with E-state index < -0.39 is 6.10 Å². The monoisotopic (exact) mass is 325 g/mol. The van der Waals surface area contributed by atoms with E-state index in [-0.39, 0.29) is 0 Å². The van der Waals surface area contributed by atoms with Gasteiger partial charge in [-0.3, -0.25) is 0 Å². The molecule has 2 aromatic rings. The van der Waals surface area contributed by atoms with Crippen molar-refractivity contribution in [1.29, 1.82) is 0 Å². The molecule has 1 N–H and O–H groups in total. The molecule has 18 heavy (non-hydrogen) atoms. The van der Waals surface area contributed by atoms with Crippen LogP contribution in [0.1, 0.15) is 24.2 Å². The highest BCUT2D eigenvalue weighted by atomic mass is 79.9. The van der Waals surface area contributed by atoms with E-state index in [1.54, 1.807) is 18.3 Å². The summed E-state index contributed by atoms with van der Waals surface area (Å²) in [6, 6.07) is 8.12. The van der Waals surface area contributed by atoms with Crippen LogP contribution in [-0.4, -0.2) is 12.2 Å². The molecule has 1 aromatic carbocycles. The van der Waals surface area contributed by atoms with Gasteiger partial charge in [0, 0.05) is 18.1 Å². The van der Waals surface area contributed by atoms with Crippen LogP contribution in [0, 0.1) is 0 Å². The number of aliphatic hydroxyl groups excluding tert-OH is 1. The standard InChI is InChI=1S/C14H16BrNOS/c1-10(17)12-3-4-14(13(15)7-12)16(2)8-11-5-6-18-9-11/h3-7,9-10,17H,8H2,1-2H3/t10-/m1/s1. The van der Waals surface area contributed by atoms with Gasteiger partial charge in [-0.2, -0.15) is 11.3 Å². The molecule has 0 saturated heterocycles. The third kappa shape index (κ3) is 3.13. The molecule has 2 nitrogen and oxygen atoms in total. The maximum absolute atomic E-state index is 9.55. The smallest absolute Gasteiger partial charge is 0.0762 e. The normalized spacial score (nSPS) is 12.4. The van der Waals surface area contributed by atoms with E-state index in [4.69, 9.17) is 0 Å². The third-order valence-electron chi connectivity index (χ3n) is 2.87. The third-order valence-corrected chi connectivity index (χ3v) is 4.23.